The van der Waals surface area contributed by atoms with Crippen molar-refractivity contribution in [1.82, 2.24) is 4.90 Å². The average Bonchev–Trinajstić information content (AvgIpc) is 2.78. The summed E-state index contributed by atoms with van der Waals surface area (Å²) in [4.78, 5) is 37.2. The molecule has 2 aromatic rings. The van der Waals surface area contributed by atoms with E-state index < -0.39 is 24.4 Å². The van der Waals surface area contributed by atoms with E-state index in [4.69, 9.17) is 0 Å². The molecule has 3 rings (SSSR count). The van der Waals surface area contributed by atoms with Crippen molar-refractivity contribution in [2.75, 3.05) is 5.32 Å². The van der Waals surface area contributed by atoms with E-state index in [9.17, 15) is 24.6 Å². The highest BCUT2D eigenvalue weighted by Crippen LogP contribution is 2.31. The van der Waals surface area contributed by atoms with Gasteiger partial charge < -0.3 is 20.4 Å². The van der Waals surface area contributed by atoms with Gasteiger partial charge >= 0.3 is 11.9 Å². The van der Waals surface area contributed by atoms with Crippen LogP contribution < -0.4 is 5.32 Å². The van der Waals surface area contributed by atoms with Gasteiger partial charge in [0.2, 0.25) is 5.91 Å². The van der Waals surface area contributed by atoms with E-state index in [1.165, 1.54) is 12.1 Å². The van der Waals surface area contributed by atoms with Crippen molar-refractivity contribution in [2.24, 2.45) is 0 Å². The summed E-state index contributed by atoms with van der Waals surface area (Å²) in [6.07, 6.45) is -0.395. The number of fused-ring (bicyclic) bond motifs is 1. The molecule has 1 amide bonds. The van der Waals surface area contributed by atoms with E-state index in [-0.39, 0.29) is 24.1 Å². The monoisotopic (exact) mass is 368 g/mol. The van der Waals surface area contributed by atoms with Crippen molar-refractivity contribution in [2.45, 2.75) is 32.0 Å². The largest absolute Gasteiger partial charge is 0.481 e. The number of hydrogen-bond acceptors (Lipinski definition) is 4. The van der Waals surface area contributed by atoms with Gasteiger partial charge in [0, 0.05) is 12.2 Å². The van der Waals surface area contributed by atoms with E-state index in [0.717, 1.165) is 11.1 Å². The third-order valence-electron chi connectivity index (χ3n) is 4.74. The maximum absolute atomic E-state index is 13.1. The summed E-state index contributed by atoms with van der Waals surface area (Å²) >= 11 is 0. The molecule has 2 aromatic carbocycles. The van der Waals surface area contributed by atoms with Crippen LogP contribution in [-0.2, 0) is 16.1 Å². The van der Waals surface area contributed by atoms with Gasteiger partial charge in [0.1, 0.15) is 6.04 Å². The summed E-state index contributed by atoms with van der Waals surface area (Å²) in [6.45, 7) is 2.15. The number of carbonyl (C=O) groups excluding carboxylic acids is 1. The maximum Gasteiger partial charge on any atom is 0.335 e. The quantitative estimate of drug-likeness (QED) is 0.749. The second-order valence-corrected chi connectivity index (χ2v) is 6.52. The summed E-state index contributed by atoms with van der Waals surface area (Å²) in [5.41, 5.74) is 2.22. The Labute approximate surface area is 156 Å². The van der Waals surface area contributed by atoms with Gasteiger partial charge in [-0.25, -0.2) is 4.79 Å². The summed E-state index contributed by atoms with van der Waals surface area (Å²) in [5.74, 6) is -2.52. The van der Waals surface area contributed by atoms with Crippen LogP contribution in [0.1, 0.15) is 40.9 Å². The van der Waals surface area contributed by atoms with Crippen molar-refractivity contribution < 1.29 is 24.6 Å². The van der Waals surface area contributed by atoms with Gasteiger partial charge in [-0.3, -0.25) is 9.59 Å². The summed E-state index contributed by atoms with van der Waals surface area (Å²) in [7, 11) is 0. The number of carbonyl (C=O) groups is 3. The van der Waals surface area contributed by atoms with Crippen LogP contribution in [0.5, 0.6) is 0 Å². The standard InChI is InChI=1S/C20H20N2O5/c1-12(13-5-3-2-4-6-13)22-11-15-8-7-14(20(26)27)9-16(15)21-17(19(22)25)10-18(23)24/h2-9,12,17,21H,10-11H2,1H3,(H,23,24)(H,26,27). The first-order valence-corrected chi connectivity index (χ1v) is 8.57. The van der Waals surface area contributed by atoms with Crippen molar-refractivity contribution in [3.8, 4) is 0 Å². The van der Waals surface area contributed by atoms with E-state index >= 15 is 0 Å². The lowest BCUT2D eigenvalue weighted by Gasteiger charge is -2.30. The highest BCUT2D eigenvalue weighted by atomic mass is 16.4. The normalized spacial score (nSPS) is 17.4. The van der Waals surface area contributed by atoms with Crippen molar-refractivity contribution in [3.63, 3.8) is 0 Å². The van der Waals surface area contributed by atoms with Crippen LogP contribution in [0.2, 0.25) is 0 Å². The first-order chi connectivity index (χ1) is 12.9. The predicted molar refractivity (Wildman–Crippen MR) is 98.5 cm³/mol. The maximum atomic E-state index is 13.1. The number of rotatable bonds is 5. The molecule has 140 valence electrons. The number of nitrogens with one attached hydrogen (secondary N) is 1. The first kappa shape index (κ1) is 18.4. The van der Waals surface area contributed by atoms with E-state index in [2.05, 4.69) is 5.32 Å². The molecule has 1 aliphatic rings. The molecule has 2 atom stereocenters. The molecule has 0 saturated heterocycles. The molecule has 0 spiro atoms. The zero-order valence-corrected chi connectivity index (χ0v) is 14.8. The number of aromatic carboxylic acids is 1. The number of hydrogen-bond donors (Lipinski definition) is 3. The minimum Gasteiger partial charge on any atom is -0.481 e. The fraction of sp³-hybridized carbons (Fsp3) is 0.250. The molecular formula is C20H20N2O5. The molecule has 0 bridgehead atoms. The molecule has 27 heavy (non-hydrogen) atoms. The molecule has 3 N–H and O–H groups in total. The van der Waals surface area contributed by atoms with Gasteiger partial charge in [0.05, 0.1) is 18.0 Å². The summed E-state index contributed by atoms with van der Waals surface area (Å²) in [5, 5.41) is 21.3. The molecule has 0 aromatic heterocycles. The van der Waals surface area contributed by atoms with E-state index in [1.54, 1.807) is 11.0 Å². The zero-order chi connectivity index (χ0) is 19.6. The molecule has 0 radical (unpaired) electrons. The van der Waals surface area contributed by atoms with E-state index in [0.29, 0.717) is 5.69 Å². The van der Waals surface area contributed by atoms with Gasteiger partial charge in [0.25, 0.3) is 0 Å². The summed E-state index contributed by atoms with van der Waals surface area (Å²) < 4.78 is 0. The van der Waals surface area contributed by atoms with Crippen LogP contribution in [0.4, 0.5) is 5.69 Å². The number of aliphatic carboxylic acids is 1. The molecule has 0 aliphatic carbocycles. The SMILES string of the molecule is CC(c1ccccc1)N1Cc2ccc(C(=O)O)cc2NC(CC(=O)O)C1=O. The van der Waals surface area contributed by atoms with E-state index in [1.807, 2.05) is 37.3 Å². The van der Waals surface area contributed by atoms with Gasteiger partial charge in [-0.15, -0.1) is 0 Å². The number of nitrogens with zero attached hydrogens (tertiary/aromatic N) is 1. The van der Waals surface area contributed by atoms with Crippen LogP contribution in [0, 0.1) is 0 Å². The highest BCUT2D eigenvalue weighted by Gasteiger charge is 2.34. The third-order valence-corrected chi connectivity index (χ3v) is 4.74. The molecule has 0 fully saturated rings. The number of amides is 1. The van der Waals surface area contributed by atoms with Crippen LogP contribution in [0.3, 0.4) is 0 Å². The van der Waals surface area contributed by atoms with Crippen LogP contribution in [-0.4, -0.2) is 39.0 Å². The van der Waals surface area contributed by atoms with Gasteiger partial charge in [-0.05, 0) is 30.2 Å². The molecule has 0 saturated carbocycles. The Bertz CT molecular complexity index is 881. The molecule has 7 nitrogen and oxygen atoms in total. The fourth-order valence-electron chi connectivity index (χ4n) is 3.25. The second-order valence-electron chi connectivity index (χ2n) is 6.52. The zero-order valence-electron chi connectivity index (χ0n) is 14.8. The Balaban J connectivity index is 2.02. The molecule has 1 aliphatic heterocycles. The molecule has 1 heterocycles. The molecule has 2 unspecified atom stereocenters. The molecule has 7 heteroatoms. The number of anilines is 1. The lowest BCUT2D eigenvalue weighted by Crippen LogP contribution is -2.42. The predicted octanol–water partition coefficient (Wildman–Crippen LogP) is 2.74. The lowest BCUT2D eigenvalue weighted by molar-refractivity contribution is -0.142. The number of benzene rings is 2. The topological polar surface area (TPSA) is 107 Å². The van der Waals surface area contributed by atoms with Gasteiger partial charge in [-0.1, -0.05) is 36.4 Å². The fourth-order valence-corrected chi connectivity index (χ4v) is 3.25. The van der Waals surface area contributed by atoms with Crippen LogP contribution in [0.15, 0.2) is 48.5 Å². The second kappa shape index (κ2) is 7.49. The van der Waals surface area contributed by atoms with Crippen molar-refractivity contribution >= 4 is 23.5 Å². The minimum atomic E-state index is -1.11. The Morgan fingerprint density at radius 2 is 1.89 bits per heavy atom. The number of carboxylic acids is 2. The first-order valence-electron chi connectivity index (χ1n) is 8.57. The lowest BCUT2D eigenvalue weighted by atomic mass is 10.0. The Morgan fingerprint density at radius 3 is 2.52 bits per heavy atom. The van der Waals surface area contributed by atoms with Crippen molar-refractivity contribution in [3.05, 3.63) is 65.2 Å². The Kier molecular flexibility index (Phi) is 5.12. The number of carboxylic acid groups (broad SMARTS) is 2. The molecular weight excluding hydrogens is 348 g/mol. The average molecular weight is 368 g/mol. The van der Waals surface area contributed by atoms with Crippen LogP contribution in [0.25, 0.3) is 0 Å². The van der Waals surface area contributed by atoms with Crippen molar-refractivity contribution in [1.29, 1.82) is 0 Å². The van der Waals surface area contributed by atoms with Crippen LogP contribution >= 0.6 is 0 Å². The van der Waals surface area contributed by atoms with Gasteiger partial charge in [0.15, 0.2) is 0 Å². The Hall–Kier alpha value is -3.35. The third kappa shape index (κ3) is 3.92. The summed E-state index contributed by atoms with van der Waals surface area (Å²) in [6, 6.07) is 12.8. The smallest absolute Gasteiger partial charge is 0.335 e. The van der Waals surface area contributed by atoms with Gasteiger partial charge in [-0.2, -0.15) is 0 Å². The Morgan fingerprint density at radius 1 is 1.19 bits per heavy atom. The minimum absolute atomic E-state index is 0.0762. The highest BCUT2D eigenvalue weighted by molar-refractivity contribution is 5.92.